The molecule has 0 aliphatic heterocycles. The molecule has 2 aliphatic rings. The van der Waals surface area contributed by atoms with Crippen LogP contribution in [0.25, 0.3) is 11.1 Å². The molecule has 2 saturated carbocycles. The molecule has 0 atom stereocenters. The van der Waals surface area contributed by atoms with Crippen LogP contribution in [0.1, 0.15) is 87.5 Å². The maximum atomic E-state index is 15.0. The number of hydrogen-bond donors (Lipinski definition) is 0. The lowest BCUT2D eigenvalue weighted by molar-refractivity contribution is 0.164. The standard InChI is InChI=1S/C26H30F4O.2CH4.2H2/c1-15-3-5-16(6-4-15)17-7-9-18(10-8-17)19-11-12-20(24(28)23(19)27)21-13-14-22(31-2)26(30)25(21)29;;;;/h11-18H,3-10H2,1-2H3;2*1H4;2*1H. The van der Waals surface area contributed by atoms with E-state index in [1.54, 1.807) is 6.07 Å². The van der Waals surface area contributed by atoms with Gasteiger partial charge in [-0.05, 0) is 79.9 Å². The summed E-state index contributed by atoms with van der Waals surface area (Å²) in [5.41, 5.74) is -0.229. The fourth-order valence-electron chi connectivity index (χ4n) is 5.64. The summed E-state index contributed by atoms with van der Waals surface area (Å²) in [5, 5.41) is 0. The minimum absolute atomic E-state index is 0. The predicted octanol–water partition coefficient (Wildman–Crippen LogP) is 9.78. The van der Waals surface area contributed by atoms with Crippen LogP contribution in [0.5, 0.6) is 5.75 Å². The van der Waals surface area contributed by atoms with Crippen LogP contribution in [0.3, 0.4) is 0 Å². The van der Waals surface area contributed by atoms with Gasteiger partial charge in [0.05, 0.1) is 7.11 Å². The molecular formula is C28H42F4O. The van der Waals surface area contributed by atoms with Crippen LogP contribution in [-0.4, -0.2) is 7.11 Å². The van der Waals surface area contributed by atoms with Gasteiger partial charge in [-0.2, -0.15) is 4.39 Å². The number of methoxy groups -OCH3 is 1. The number of rotatable bonds is 4. The molecule has 0 bridgehead atoms. The highest BCUT2D eigenvalue weighted by molar-refractivity contribution is 5.66. The van der Waals surface area contributed by atoms with Gasteiger partial charge in [-0.25, -0.2) is 13.2 Å². The summed E-state index contributed by atoms with van der Waals surface area (Å²) in [6, 6.07) is 5.34. The molecule has 0 aromatic heterocycles. The quantitative estimate of drug-likeness (QED) is 0.404. The molecule has 0 unspecified atom stereocenters. The summed E-state index contributed by atoms with van der Waals surface area (Å²) in [7, 11) is 1.22. The third kappa shape index (κ3) is 5.38. The zero-order valence-corrected chi connectivity index (χ0v) is 18.2. The average molecular weight is 471 g/mol. The van der Waals surface area contributed by atoms with Crippen molar-refractivity contribution in [2.24, 2.45) is 17.8 Å². The molecule has 0 N–H and O–H groups in total. The van der Waals surface area contributed by atoms with Crippen molar-refractivity contribution in [2.45, 2.75) is 79.1 Å². The molecular weight excluding hydrogens is 428 g/mol. The predicted molar refractivity (Wildman–Crippen MR) is 132 cm³/mol. The van der Waals surface area contributed by atoms with E-state index >= 15 is 0 Å². The topological polar surface area (TPSA) is 9.23 Å². The largest absolute Gasteiger partial charge is 0.494 e. The molecule has 2 aromatic carbocycles. The summed E-state index contributed by atoms with van der Waals surface area (Å²) in [6.45, 7) is 2.32. The van der Waals surface area contributed by atoms with Crippen molar-refractivity contribution in [1.82, 2.24) is 0 Å². The van der Waals surface area contributed by atoms with Gasteiger partial charge >= 0.3 is 0 Å². The second kappa shape index (κ2) is 11.4. The first-order valence-electron chi connectivity index (χ1n) is 11.4. The molecule has 0 amide bonds. The van der Waals surface area contributed by atoms with E-state index in [2.05, 4.69) is 6.92 Å². The highest BCUT2D eigenvalue weighted by Gasteiger charge is 2.32. The van der Waals surface area contributed by atoms with Crippen LogP contribution >= 0.6 is 0 Å². The van der Waals surface area contributed by atoms with Crippen molar-refractivity contribution < 1.29 is 25.2 Å². The molecule has 5 heteroatoms. The Hall–Kier alpha value is -2.04. The normalized spacial score (nSPS) is 25.0. The molecule has 0 radical (unpaired) electrons. The SMILES string of the molecule is C.C.COc1ccc(-c2ccc(C3CCC(C4CCC(C)CC4)CC3)c(F)c2F)c(F)c1F.[HH].[HH]. The summed E-state index contributed by atoms with van der Waals surface area (Å²) >= 11 is 0. The van der Waals surface area contributed by atoms with Crippen molar-refractivity contribution in [2.75, 3.05) is 7.11 Å². The smallest absolute Gasteiger partial charge is 0.201 e. The van der Waals surface area contributed by atoms with Gasteiger partial charge in [0.15, 0.2) is 23.2 Å². The number of ether oxygens (including phenoxy) is 1. The fourth-order valence-corrected chi connectivity index (χ4v) is 5.64. The van der Waals surface area contributed by atoms with E-state index in [1.807, 2.05) is 0 Å². The van der Waals surface area contributed by atoms with Crippen LogP contribution in [0.2, 0.25) is 0 Å². The molecule has 188 valence electrons. The lowest BCUT2D eigenvalue weighted by atomic mass is 9.68. The fraction of sp³-hybridized carbons (Fsp3) is 0.571. The number of halogens is 4. The second-order valence-electron chi connectivity index (χ2n) is 9.41. The van der Waals surface area contributed by atoms with Gasteiger partial charge < -0.3 is 4.74 Å². The molecule has 2 aromatic rings. The average Bonchev–Trinajstić information content (AvgIpc) is 2.79. The highest BCUT2D eigenvalue weighted by atomic mass is 19.2. The van der Waals surface area contributed by atoms with Crippen LogP contribution in [0, 0.1) is 41.0 Å². The van der Waals surface area contributed by atoms with Crippen molar-refractivity contribution in [3.63, 3.8) is 0 Å². The first kappa shape index (κ1) is 27.2. The zero-order chi connectivity index (χ0) is 22.1. The van der Waals surface area contributed by atoms with Gasteiger partial charge in [0.2, 0.25) is 5.82 Å². The van der Waals surface area contributed by atoms with Crippen molar-refractivity contribution in [1.29, 1.82) is 0 Å². The van der Waals surface area contributed by atoms with E-state index in [0.29, 0.717) is 11.5 Å². The van der Waals surface area contributed by atoms with Gasteiger partial charge in [-0.1, -0.05) is 46.8 Å². The van der Waals surface area contributed by atoms with E-state index < -0.39 is 23.3 Å². The number of benzene rings is 2. The molecule has 0 spiro atoms. The molecule has 2 fully saturated rings. The molecule has 0 saturated heterocycles. The van der Waals surface area contributed by atoms with Crippen LogP contribution < -0.4 is 4.74 Å². The minimum Gasteiger partial charge on any atom is -0.494 e. The molecule has 2 aliphatic carbocycles. The maximum absolute atomic E-state index is 15.0. The van der Waals surface area contributed by atoms with Gasteiger partial charge in [-0.3, -0.25) is 0 Å². The Morgan fingerprint density at radius 3 is 1.70 bits per heavy atom. The molecule has 4 rings (SSSR count). The van der Waals surface area contributed by atoms with Gasteiger partial charge in [0.1, 0.15) is 0 Å². The lowest BCUT2D eigenvalue weighted by Gasteiger charge is -2.37. The first-order valence-corrected chi connectivity index (χ1v) is 11.4. The van der Waals surface area contributed by atoms with Gasteiger partial charge in [0.25, 0.3) is 0 Å². The monoisotopic (exact) mass is 470 g/mol. The third-order valence-corrected chi connectivity index (χ3v) is 7.61. The van der Waals surface area contributed by atoms with Gasteiger partial charge in [0, 0.05) is 14.0 Å². The maximum Gasteiger partial charge on any atom is 0.201 e. The Bertz CT molecular complexity index is 937. The molecule has 33 heavy (non-hydrogen) atoms. The summed E-state index contributed by atoms with van der Waals surface area (Å²) < 4.78 is 63.1. The lowest BCUT2D eigenvalue weighted by Crippen LogP contribution is -2.25. The number of hydrogen-bond acceptors (Lipinski definition) is 1. The van der Waals surface area contributed by atoms with Crippen molar-refractivity contribution in [3.8, 4) is 16.9 Å². The van der Waals surface area contributed by atoms with E-state index in [-0.39, 0.29) is 40.5 Å². The second-order valence-corrected chi connectivity index (χ2v) is 9.41. The molecule has 0 heterocycles. The van der Waals surface area contributed by atoms with Crippen LogP contribution in [0.4, 0.5) is 17.6 Å². The highest BCUT2D eigenvalue weighted by Crippen LogP contribution is 2.45. The van der Waals surface area contributed by atoms with Crippen LogP contribution in [-0.2, 0) is 0 Å². The van der Waals surface area contributed by atoms with E-state index in [4.69, 9.17) is 4.74 Å². The Morgan fingerprint density at radius 2 is 1.15 bits per heavy atom. The summed E-state index contributed by atoms with van der Waals surface area (Å²) in [6.07, 6.45) is 8.96. The Morgan fingerprint density at radius 1 is 0.667 bits per heavy atom. The molecule has 1 nitrogen and oxygen atoms in total. The van der Waals surface area contributed by atoms with E-state index in [0.717, 1.165) is 37.5 Å². The summed E-state index contributed by atoms with van der Waals surface area (Å²) in [5.74, 6) is -2.53. The minimum atomic E-state index is -1.24. The van der Waals surface area contributed by atoms with E-state index in [1.165, 1.54) is 51.0 Å². The van der Waals surface area contributed by atoms with Gasteiger partial charge in [-0.15, -0.1) is 0 Å². The Kier molecular flexibility index (Phi) is 9.39. The Labute approximate surface area is 199 Å². The third-order valence-electron chi connectivity index (χ3n) is 7.61. The van der Waals surface area contributed by atoms with Crippen molar-refractivity contribution in [3.05, 3.63) is 53.1 Å². The first-order chi connectivity index (χ1) is 14.9. The van der Waals surface area contributed by atoms with Crippen LogP contribution in [0.15, 0.2) is 24.3 Å². The summed E-state index contributed by atoms with van der Waals surface area (Å²) in [4.78, 5) is 0. The zero-order valence-electron chi connectivity index (χ0n) is 18.2. The van der Waals surface area contributed by atoms with E-state index in [9.17, 15) is 17.6 Å². The Balaban J connectivity index is 0.00000289. The van der Waals surface area contributed by atoms with Crippen molar-refractivity contribution >= 4 is 0 Å².